The van der Waals surface area contributed by atoms with Crippen molar-refractivity contribution in [3.05, 3.63) is 53.1 Å². The van der Waals surface area contributed by atoms with E-state index in [-0.39, 0.29) is 16.6 Å². The molecule has 7 nitrogen and oxygen atoms in total. The summed E-state index contributed by atoms with van der Waals surface area (Å²) < 4.78 is 45.5. The van der Waals surface area contributed by atoms with Crippen molar-refractivity contribution in [2.45, 2.75) is 18.3 Å². The van der Waals surface area contributed by atoms with Crippen molar-refractivity contribution in [1.82, 2.24) is 14.9 Å². The topological polar surface area (TPSA) is 95.1 Å². The molecule has 3 N–H and O–H groups in total. The van der Waals surface area contributed by atoms with Gasteiger partial charge in [-0.15, -0.1) is 10.2 Å². The summed E-state index contributed by atoms with van der Waals surface area (Å²) in [6.45, 7) is 2.37. The van der Waals surface area contributed by atoms with Crippen LogP contribution in [0.2, 0.25) is 5.02 Å². The molecule has 31 heavy (non-hydrogen) atoms. The highest BCUT2D eigenvalue weighted by Gasteiger charge is 2.33. The van der Waals surface area contributed by atoms with Gasteiger partial charge in [-0.1, -0.05) is 35.5 Å². The molecule has 1 aromatic heterocycles. The number of carbonyl (C=O) groups excluding carboxylic acids is 1. The molecule has 0 aliphatic heterocycles. The second-order valence-electron chi connectivity index (χ2n) is 6.17. The van der Waals surface area contributed by atoms with E-state index in [1.165, 1.54) is 10.7 Å². The van der Waals surface area contributed by atoms with E-state index in [0.29, 0.717) is 23.7 Å². The first kappa shape index (κ1) is 22.8. The van der Waals surface area contributed by atoms with E-state index in [9.17, 15) is 18.0 Å². The van der Waals surface area contributed by atoms with Crippen LogP contribution in [0.25, 0.3) is 11.4 Å². The van der Waals surface area contributed by atoms with Crippen molar-refractivity contribution in [2.24, 2.45) is 0 Å². The van der Waals surface area contributed by atoms with E-state index >= 15 is 0 Å². The third-order valence-corrected chi connectivity index (χ3v) is 5.23. The zero-order valence-corrected chi connectivity index (χ0v) is 17.7. The molecule has 2 aromatic carbocycles. The summed E-state index contributed by atoms with van der Waals surface area (Å²) in [5.74, 6) is 6.38. The molecule has 0 unspecified atom stereocenters. The Balaban J connectivity index is 1.66. The van der Waals surface area contributed by atoms with Gasteiger partial charge >= 0.3 is 6.18 Å². The van der Waals surface area contributed by atoms with Crippen LogP contribution in [0.5, 0.6) is 5.75 Å². The number of nitrogens with two attached hydrogens (primary N) is 1. The van der Waals surface area contributed by atoms with E-state index in [1.807, 2.05) is 6.92 Å². The SMILES string of the molecule is CCOc1cccc(-c2nnc(SCC(=O)Nc3ccc(Cl)c(C(F)(F)F)c3)n2N)c1. The Labute approximate surface area is 184 Å². The highest BCUT2D eigenvalue weighted by Crippen LogP contribution is 2.36. The van der Waals surface area contributed by atoms with Crippen molar-refractivity contribution >= 4 is 35.0 Å². The predicted molar refractivity (Wildman–Crippen MR) is 113 cm³/mol. The largest absolute Gasteiger partial charge is 0.494 e. The first-order chi connectivity index (χ1) is 14.7. The molecule has 1 amide bonds. The number of anilines is 1. The van der Waals surface area contributed by atoms with Crippen LogP contribution in [0.4, 0.5) is 18.9 Å². The van der Waals surface area contributed by atoms with Gasteiger partial charge in [0, 0.05) is 11.3 Å². The van der Waals surface area contributed by atoms with Crippen molar-refractivity contribution in [3.8, 4) is 17.1 Å². The van der Waals surface area contributed by atoms with Gasteiger partial charge in [0.1, 0.15) is 5.75 Å². The first-order valence-corrected chi connectivity index (χ1v) is 10.3. The molecule has 0 saturated carbocycles. The van der Waals surface area contributed by atoms with Crippen LogP contribution in [0, 0.1) is 0 Å². The van der Waals surface area contributed by atoms with E-state index < -0.39 is 22.7 Å². The molecule has 0 spiro atoms. The van der Waals surface area contributed by atoms with E-state index in [1.54, 1.807) is 24.3 Å². The maximum Gasteiger partial charge on any atom is 0.417 e. The number of nitrogens with zero attached hydrogens (tertiary/aromatic N) is 3. The van der Waals surface area contributed by atoms with Crippen LogP contribution >= 0.6 is 23.4 Å². The molecule has 0 saturated heterocycles. The number of ether oxygens (including phenoxy) is 1. The number of halogens is 4. The number of nitrogens with one attached hydrogen (secondary N) is 1. The van der Waals surface area contributed by atoms with Crippen molar-refractivity contribution < 1.29 is 22.7 Å². The van der Waals surface area contributed by atoms with Crippen molar-refractivity contribution in [1.29, 1.82) is 0 Å². The van der Waals surface area contributed by atoms with Gasteiger partial charge in [-0.25, -0.2) is 4.68 Å². The lowest BCUT2D eigenvalue weighted by Gasteiger charge is -2.11. The van der Waals surface area contributed by atoms with Gasteiger partial charge in [0.05, 0.1) is 22.9 Å². The number of nitrogen functional groups attached to an aromatic ring is 1. The van der Waals surface area contributed by atoms with Crippen LogP contribution in [0.15, 0.2) is 47.6 Å². The average molecular weight is 472 g/mol. The van der Waals surface area contributed by atoms with Crippen LogP contribution in [0.3, 0.4) is 0 Å². The number of hydrogen-bond donors (Lipinski definition) is 2. The summed E-state index contributed by atoms with van der Waals surface area (Å²) in [6, 6.07) is 10.3. The summed E-state index contributed by atoms with van der Waals surface area (Å²) in [6.07, 6.45) is -4.63. The third-order valence-electron chi connectivity index (χ3n) is 3.96. The lowest BCUT2D eigenvalue weighted by molar-refractivity contribution is -0.137. The molecule has 3 rings (SSSR count). The van der Waals surface area contributed by atoms with Gasteiger partial charge in [0.15, 0.2) is 5.82 Å². The number of alkyl halides is 3. The maximum atomic E-state index is 12.9. The summed E-state index contributed by atoms with van der Waals surface area (Å²) >= 11 is 6.57. The number of amides is 1. The molecule has 12 heteroatoms. The molecule has 164 valence electrons. The second kappa shape index (κ2) is 9.48. The molecular weight excluding hydrogens is 455 g/mol. The number of carbonyl (C=O) groups is 1. The summed E-state index contributed by atoms with van der Waals surface area (Å²) in [4.78, 5) is 12.2. The quantitative estimate of drug-likeness (QED) is 0.390. The fourth-order valence-corrected chi connectivity index (χ4v) is 3.49. The monoisotopic (exact) mass is 471 g/mol. The van der Waals surface area contributed by atoms with Gasteiger partial charge in [-0.05, 0) is 37.3 Å². The Morgan fingerprint density at radius 1 is 1.26 bits per heavy atom. The van der Waals surface area contributed by atoms with E-state index in [2.05, 4.69) is 15.5 Å². The molecule has 0 atom stereocenters. The van der Waals surface area contributed by atoms with Gasteiger partial charge in [-0.2, -0.15) is 13.2 Å². The number of aromatic nitrogens is 3. The highest BCUT2D eigenvalue weighted by molar-refractivity contribution is 7.99. The Kier molecular flexibility index (Phi) is 6.96. The van der Waals surface area contributed by atoms with Crippen molar-refractivity contribution in [3.63, 3.8) is 0 Å². The molecule has 0 aliphatic carbocycles. The normalized spacial score (nSPS) is 11.4. The van der Waals surface area contributed by atoms with Crippen molar-refractivity contribution in [2.75, 3.05) is 23.5 Å². The standard InChI is InChI=1S/C19H17ClF3N5O2S/c1-2-30-13-5-3-4-11(8-13)17-26-27-18(28(17)24)31-10-16(29)25-12-6-7-15(20)14(9-12)19(21,22)23/h3-9H,2,10,24H2,1H3,(H,25,29). The minimum atomic E-state index is -4.63. The molecular formula is C19H17ClF3N5O2S. The molecule has 0 radical (unpaired) electrons. The number of thioether (sulfide) groups is 1. The molecule has 0 fully saturated rings. The Bertz CT molecular complexity index is 1090. The van der Waals surface area contributed by atoms with Crippen LogP contribution in [-0.2, 0) is 11.0 Å². The number of benzene rings is 2. The molecule has 0 bridgehead atoms. The Morgan fingerprint density at radius 3 is 2.74 bits per heavy atom. The van der Waals surface area contributed by atoms with Crippen LogP contribution < -0.4 is 15.9 Å². The molecule has 1 heterocycles. The van der Waals surface area contributed by atoms with Crippen LogP contribution in [0.1, 0.15) is 12.5 Å². The Hall–Kier alpha value is -2.92. The van der Waals surface area contributed by atoms with E-state index in [4.69, 9.17) is 22.2 Å². The van der Waals surface area contributed by atoms with E-state index in [0.717, 1.165) is 23.9 Å². The summed E-state index contributed by atoms with van der Waals surface area (Å²) in [5, 5.41) is 10.2. The lowest BCUT2D eigenvalue weighted by atomic mass is 10.2. The minimum absolute atomic E-state index is 0.0232. The fraction of sp³-hybridized carbons (Fsp3) is 0.211. The van der Waals surface area contributed by atoms with Gasteiger partial charge in [0.25, 0.3) is 0 Å². The molecule has 0 aliphatic rings. The fourth-order valence-electron chi connectivity index (χ4n) is 2.61. The zero-order valence-electron chi connectivity index (χ0n) is 16.1. The number of hydrogen-bond acceptors (Lipinski definition) is 6. The zero-order chi connectivity index (χ0) is 22.6. The third kappa shape index (κ3) is 5.61. The van der Waals surface area contributed by atoms with Gasteiger partial charge < -0.3 is 15.9 Å². The smallest absolute Gasteiger partial charge is 0.417 e. The lowest BCUT2D eigenvalue weighted by Crippen LogP contribution is -2.17. The maximum absolute atomic E-state index is 12.9. The highest BCUT2D eigenvalue weighted by atomic mass is 35.5. The predicted octanol–water partition coefficient (Wildman–Crippen LogP) is 4.46. The summed E-state index contributed by atoms with van der Waals surface area (Å²) in [5.41, 5.74) is -0.372. The Morgan fingerprint density at radius 2 is 2.03 bits per heavy atom. The minimum Gasteiger partial charge on any atom is -0.494 e. The molecule has 3 aromatic rings. The summed E-state index contributed by atoms with van der Waals surface area (Å²) in [7, 11) is 0. The van der Waals surface area contributed by atoms with Crippen LogP contribution in [-0.4, -0.2) is 33.1 Å². The second-order valence-corrected chi connectivity index (χ2v) is 7.52. The first-order valence-electron chi connectivity index (χ1n) is 8.92. The number of rotatable bonds is 7. The average Bonchev–Trinajstić information content (AvgIpc) is 3.08. The van der Waals surface area contributed by atoms with Gasteiger partial charge in [0.2, 0.25) is 11.1 Å². The van der Waals surface area contributed by atoms with Gasteiger partial charge in [-0.3, -0.25) is 4.79 Å².